The molecular weight excluding hydrogens is 212 g/mol. The number of hydrogen-bond acceptors (Lipinski definition) is 4. The number of nitrogens with one attached hydrogen (secondary N) is 1. The normalized spacial score (nSPS) is 11.2. The lowest BCUT2D eigenvalue weighted by molar-refractivity contribution is -0.387. The predicted octanol–water partition coefficient (Wildman–Crippen LogP) is 0.756. The van der Waals surface area contributed by atoms with Crippen LogP contribution < -0.4 is 5.73 Å². The number of nitro benzene ring substituents is 1. The van der Waals surface area contributed by atoms with Crippen molar-refractivity contribution in [1.29, 1.82) is 0 Å². The van der Waals surface area contributed by atoms with Crippen LogP contribution in [0.25, 0.3) is 0 Å². The van der Waals surface area contributed by atoms with Gasteiger partial charge in [0.2, 0.25) is 0 Å². The highest BCUT2D eigenvalue weighted by molar-refractivity contribution is 7.86. The molecule has 1 rings (SSSR count). The predicted molar refractivity (Wildman–Crippen MR) is 45.7 cm³/mol. The summed E-state index contributed by atoms with van der Waals surface area (Å²) in [4.78, 5) is 8.54. The minimum absolute atomic E-state index is 0.233. The minimum atomic E-state index is -4.66. The summed E-state index contributed by atoms with van der Waals surface area (Å²) >= 11 is 0. The summed E-state index contributed by atoms with van der Waals surface area (Å²) < 4.78 is 30.0. The monoisotopic (exact) mass is 217 g/mol. The fourth-order valence-corrected chi connectivity index (χ4v) is 1.55. The Labute approximate surface area is 79.1 Å². The largest absolute Gasteiger partial charge is 0.301 e. The second-order valence-corrected chi connectivity index (χ2v) is 3.80. The minimum Gasteiger partial charge on any atom is -0.301 e. The Kier molecular flexibility index (Phi) is 2.41. The summed E-state index contributed by atoms with van der Waals surface area (Å²) in [5.41, 5.74) is 6.08. The van der Waals surface area contributed by atoms with Gasteiger partial charge in [-0.15, -0.1) is 0 Å². The molecule has 75 valence electrons. The van der Waals surface area contributed by atoms with Gasteiger partial charge in [0.1, 0.15) is 0 Å². The van der Waals surface area contributed by atoms with E-state index < -0.39 is 25.6 Å². The van der Waals surface area contributed by atoms with Crippen molar-refractivity contribution >= 4 is 21.5 Å². The van der Waals surface area contributed by atoms with Gasteiger partial charge in [-0.25, -0.2) is 0 Å². The maximum atomic E-state index is 10.7. The van der Waals surface area contributed by atoms with E-state index in [1.54, 1.807) is 0 Å². The van der Waals surface area contributed by atoms with Crippen LogP contribution >= 0.6 is 0 Å². The van der Waals surface area contributed by atoms with Crippen LogP contribution in [0.4, 0.5) is 11.4 Å². The molecule has 1 aromatic rings. The second kappa shape index (κ2) is 3.24. The average Bonchev–Trinajstić information content (AvgIpc) is 2.01. The van der Waals surface area contributed by atoms with E-state index >= 15 is 0 Å². The molecule has 1 radical (unpaired) electrons. The Morgan fingerprint density at radius 2 is 2.00 bits per heavy atom. The number of benzene rings is 1. The van der Waals surface area contributed by atoms with Crippen molar-refractivity contribution in [3.05, 3.63) is 28.3 Å². The van der Waals surface area contributed by atoms with E-state index in [0.29, 0.717) is 6.07 Å². The smallest absolute Gasteiger partial charge is 0.301 e. The highest BCUT2D eigenvalue weighted by Crippen LogP contribution is 2.25. The summed E-state index contributed by atoms with van der Waals surface area (Å²) in [6.45, 7) is 0. The first-order valence-electron chi connectivity index (χ1n) is 3.30. The molecule has 0 fully saturated rings. The number of rotatable bonds is 2. The molecule has 2 N–H and O–H groups in total. The summed E-state index contributed by atoms with van der Waals surface area (Å²) in [5, 5.41) is 10.3. The van der Waals surface area contributed by atoms with Crippen LogP contribution in [0.15, 0.2) is 23.1 Å². The van der Waals surface area contributed by atoms with Crippen molar-refractivity contribution in [2.75, 3.05) is 0 Å². The number of hydrogen-bond donors (Lipinski definition) is 1. The molecule has 0 aliphatic heterocycles. The third kappa shape index (κ3) is 1.98. The Bertz CT molecular complexity index is 481. The van der Waals surface area contributed by atoms with Crippen molar-refractivity contribution in [3.8, 4) is 0 Å². The molecule has 0 atom stereocenters. The quantitative estimate of drug-likeness (QED) is 0.445. The Morgan fingerprint density at radius 1 is 1.43 bits per heavy atom. The fraction of sp³-hybridized carbons (Fsp3) is 0. The first-order chi connectivity index (χ1) is 6.32. The van der Waals surface area contributed by atoms with Gasteiger partial charge in [0.15, 0.2) is 4.90 Å². The lowest BCUT2D eigenvalue weighted by atomic mass is 10.3. The van der Waals surface area contributed by atoms with Crippen molar-refractivity contribution in [3.63, 3.8) is 0 Å². The van der Waals surface area contributed by atoms with E-state index in [2.05, 4.69) is 0 Å². The van der Waals surface area contributed by atoms with E-state index in [0.717, 1.165) is 12.1 Å². The van der Waals surface area contributed by atoms with Crippen LogP contribution in [-0.4, -0.2) is 17.9 Å². The Hall–Kier alpha value is -1.67. The van der Waals surface area contributed by atoms with E-state index in [1.165, 1.54) is 0 Å². The lowest BCUT2D eigenvalue weighted by Gasteiger charge is -1.99. The van der Waals surface area contributed by atoms with Gasteiger partial charge in [0.05, 0.1) is 10.6 Å². The molecule has 0 heterocycles. The zero-order valence-electron chi connectivity index (χ0n) is 6.67. The molecule has 14 heavy (non-hydrogen) atoms. The van der Waals surface area contributed by atoms with E-state index in [9.17, 15) is 18.5 Å². The third-order valence-electron chi connectivity index (χ3n) is 1.43. The standard InChI is InChI=1S/C6H5N2O5S/c7-4-1-2-5(8(9)10)6(3-4)14(11,12)13/h1-3,7H,(H,11,12,13). The zero-order chi connectivity index (χ0) is 10.9. The molecule has 0 bridgehead atoms. The van der Waals surface area contributed by atoms with Gasteiger partial charge in [-0.05, 0) is 12.1 Å². The van der Waals surface area contributed by atoms with Crippen LogP contribution in [0.5, 0.6) is 0 Å². The molecule has 0 aliphatic rings. The van der Waals surface area contributed by atoms with Crippen molar-refractivity contribution < 1.29 is 17.9 Å². The van der Waals surface area contributed by atoms with E-state index in [-0.39, 0.29) is 5.69 Å². The van der Waals surface area contributed by atoms with Gasteiger partial charge in [-0.2, -0.15) is 8.42 Å². The van der Waals surface area contributed by atoms with Crippen LogP contribution in [0.2, 0.25) is 0 Å². The summed E-state index contributed by atoms with van der Waals surface area (Å²) in [6, 6.07) is 2.63. The maximum absolute atomic E-state index is 10.7. The second-order valence-electron chi connectivity index (χ2n) is 2.41. The lowest BCUT2D eigenvalue weighted by Crippen LogP contribution is -2.03. The van der Waals surface area contributed by atoms with Gasteiger partial charge in [0, 0.05) is 6.07 Å². The fourth-order valence-electron chi connectivity index (χ4n) is 0.872. The molecule has 0 unspecified atom stereocenters. The van der Waals surface area contributed by atoms with Crippen molar-refractivity contribution in [2.45, 2.75) is 4.90 Å². The summed E-state index contributed by atoms with van der Waals surface area (Å²) in [5.74, 6) is 0. The Morgan fingerprint density at radius 3 is 2.43 bits per heavy atom. The average molecular weight is 217 g/mol. The van der Waals surface area contributed by atoms with Gasteiger partial charge in [-0.3, -0.25) is 14.7 Å². The van der Waals surface area contributed by atoms with Gasteiger partial charge < -0.3 is 5.73 Å². The van der Waals surface area contributed by atoms with E-state index in [1.807, 2.05) is 0 Å². The topological polar surface area (TPSA) is 121 Å². The van der Waals surface area contributed by atoms with Gasteiger partial charge in [-0.1, -0.05) is 0 Å². The highest BCUT2D eigenvalue weighted by atomic mass is 32.2. The molecule has 0 amide bonds. The maximum Gasteiger partial charge on any atom is 0.301 e. The molecule has 0 saturated heterocycles. The van der Waals surface area contributed by atoms with Gasteiger partial charge >= 0.3 is 10.1 Å². The van der Waals surface area contributed by atoms with Gasteiger partial charge in [0.25, 0.3) is 5.69 Å². The van der Waals surface area contributed by atoms with Crippen LogP contribution in [0.3, 0.4) is 0 Å². The third-order valence-corrected chi connectivity index (χ3v) is 2.32. The molecule has 0 aliphatic carbocycles. The zero-order valence-corrected chi connectivity index (χ0v) is 7.48. The van der Waals surface area contributed by atoms with E-state index in [4.69, 9.17) is 10.3 Å². The molecule has 1 aromatic carbocycles. The number of nitro groups is 1. The van der Waals surface area contributed by atoms with Crippen molar-refractivity contribution in [1.82, 2.24) is 5.73 Å². The molecule has 8 heteroatoms. The molecule has 7 nitrogen and oxygen atoms in total. The van der Waals surface area contributed by atoms with Crippen molar-refractivity contribution in [2.24, 2.45) is 0 Å². The Balaban J connectivity index is 3.54. The first kappa shape index (κ1) is 10.4. The SMILES string of the molecule is [NH]c1ccc([N+](=O)[O-])c(S(=O)(=O)O)c1. The van der Waals surface area contributed by atoms with Crippen LogP contribution in [0.1, 0.15) is 0 Å². The van der Waals surface area contributed by atoms with Crippen LogP contribution in [0, 0.1) is 10.1 Å². The first-order valence-corrected chi connectivity index (χ1v) is 4.74. The highest BCUT2D eigenvalue weighted by Gasteiger charge is 2.23. The van der Waals surface area contributed by atoms with Crippen LogP contribution in [-0.2, 0) is 10.1 Å². The molecular formula is C6H5N2O5S. The molecule has 0 spiro atoms. The summed E-state index contributed by atoms with van der Waals surface area (Å²) in [7, 11) is -4.66. The number of nitrogens with zero attached hydrogens (tertiary/aromatic N) is 1. The molecule has 0 aromatic heterocycles. The molecule has 0 saturated carbocycles. The summed E-state index contributed by atoms with van der Waals surface area (Å²) in [6.07, 6.45) is 0.